The van der Waals surface area contributed by atoms with Crippen LogP contribution in [0.3, 0.4) is 0 Å². The number of aryl methyl sites for hydroxylation is 1. The molecule has 4 aromatic rings. The predicted octanol–water partition coefficient (Wildman–Crippen LogP) is 4.54. The zero-order valence-electron chi connectivity index (χ0n) is 20.7. The summed E-state index contributed by atoms with van der Waals surface area (Å²) in [6, 6.07) is 11.4. The molecule has 2 heterocycles. The summed E-state index contributed by atoms with van der Waals surface area (Å²) >= 11 is 11.4. The highest BCUT2D eigenvalue weighted by atomic mass is 35.5. The molecule has 0 atom stereocenters. The topological polar surface area (TPSA) is 122 Å². The van der Waals surface area contributed by atoms with Crippen LogP contribution < -0.4 is 5.73 Å². The third-order valence-corrected chi connectivity index (χ3v) is 6.41. The molecular weight excluding hydrogens is 555 g/mol. The molecule has 14 heteroatoms. The zero-order chi connectivity index (χ0) is 28.5. The van der Waals surface area contributed by atoms with E-state index in [1.54, 1.807) is 50.2 Å². The van der Waals surface area contributed by atoms with Crippen molar-refractivity contribution in [1.29, 1.82) is 0 Å². The van der Waals surface area contributed by atoms with Crippen molar-refractivity contribution in [2.24, 2.45) is 5.73 Å². The Balaban J connectivity index is 1.76. The van der Waals surface area contributed by atoms with Gasteiger partial charge in [-0.05, 0) is 53.6 Å². The molecule has 0 saturated carbocycles. The fourth-order valence-electron chi connectivity index (χ4n) is 3.97. The number of Topliss-reactive ketones (excluding diaryl/α,β-unsaturated/α-hetero) is 2. The second-order valence-electron chi connectivity index (χ2n) is 8.59. The molecule has 202 valence electrons. The molecule has 4 rings (SSSR count). The van der Waals surface area contributed by atoms with Gasteiger partial charge in [-0.15, -0.1) is 10.2 Å². The molecule has 0 aliphatic heterocycles. The molecule has 0 radical (unpaired) electrons. The van der Waals surface area contributed by atoms with Gasteiger partial charge in [-0.25, -0.2) is 4.68 Å². The monoisotopic (exact) mass is 575 g/mol. The largest absolute Gasteiger partial charge is 0.455 e. The summed E-state index contributed by atoms with van der Waals surface area (Å²) in [7, 11) is 0. The maximum absolute atomic E-state index is 13.7. The number of ketones is 2. The van der Waals surface area contributed by atoms with Gasteiger partial charge in [0.2, 0.25) is 0 Å². The Morgan fingerprint density at radius 1 is 1.10 bits per heavy atom. The average molecular weight is 576 g/mol. The third-order valence-electron chi connectivity index (χ3n) is 5.85. The van der Waals surface area contributed by atoms with E-state index in [4.69, 9.17) is 29.6 Å². The van der Waals surface area contributed by atoms with Crippen LogP contribution in [0.5, 0.6) is 0 Å². The number of hydrogen-bond acceptors (Lipinski definition) is 7. The molecule has 0 unspecified atom stereocenters. The Bertz CT molecular complexity index is 1600. The molecule has 0 aliphatic rings. The number of nitrogens with zero attached hydrogens (tertiary/aromatic N) is 6. The smallest absolute Gasteiger partial charge is 0.389 e. The highest BCUT2D eigenvalue weighted by Gasteiger charge is 2.37. The first kappa shape index (κ1) is 28.0. The van der Waals surface area contributed by atoms with Crippen LogP contribution >= 0.6 is 23.8 Å². The number of thiocarbonyl (C=S) groups is 1. The number of alkyl halides is 3. The van der Waals surface area contributed by atoms with Gasteiger partial charge in [-0.2, -0.15) is 23.1 Å². The number of hydrogen-bond donors (Lipinski definition) is 1. The highest BCUT2D eigenvalue weighted by Crippen LogP contribution is 2.27. The van der Waals surface area contributed by atoms with E-state index in [2.05, 4.69) is 20.5 Å². The standard InChI is InChI=1S/C25H21ClF3N7O2S/c1-3-21(37)17-9-14(23(30)39)8-13(2)16(17)11-22(38)20-10-15(12-35-33-24(31-34-35)25(27,28)29)32-36(20)19-7-5-4-6-18(19)26/h4-10H,3,11-12H2,1-2H3,(H2,30,39). The first-order valence-electron chi connectivity index (χ1n) is 11.6. The SMILES string of the molecule is CCC(=O)c1cc(C(N)=S)cc(C)c1CC(=O)c1cc(Cn2nnc(C(F)(F)F)n2)nn1-c1ccccc1Cl. The molecule has 0 bridgehead atoms. The molecule has 0 saturated heterocycles. The van der Waals surface area contributed by atoms with Crippen molar-refractivity contribution in [3.8, 4) is 5.69 Å². The average Bonchev–Trinajstić information content (AvgIpc) is 3.52. The van der Waals surface area contributed by atoms with Crippen LogP contribution in [0.2, 0.25) is 5.02 Å². The van der Waals surface area contributed by atoms with Crippen molar-refractivity contribution < 1.29 is 22.8 Å². The minimum atomic E-state index is -4.76. The van der Waals surface area contributed by atoms with E-state index in [9.17, 15) is 22.8 Å². The van der Waals surface area contributed by atoms with E-state index < -0.39 is 17.8 Å². The second-order valence-corrected chi connectivity index (χ2v) is 9.43. The van der Waals surface area contributed by atoms with Crippen molar-refractivity contribution in [3.05, 3.63) is 87.0 Å². The molecule has 0 spiro atoms. The molecule has 0 aliphatic carbocycles. The number of aromatic nitrogens is 6. The summed E-state index contributed by atoms with van der Waals surface area (Å²) in [4.78, 5) is 27.3. The van der Waals surface area contributed by atoms with Gasteiger partial charge in [0.25, 0.3) is 5.82 Å². The maximum Gasteiger partial charge on any atom is 0.455 e. The van der Waals surface area contributed by atoms with Gasteiger partial charge in [0.05, 0.1) is 16.4 Å². The van der Waals surface area contributed by atoms with E-state index >= 15 is 0 Å². The molecule has 2 aromatic carbocycles. The van der Waals surface area contributed by atoms with Gasteiger partial charge < -0.3 is 5.73 Å². The third kappa shape index (κ3) is 6.04. The van der Waals surface area contributed by atoms with Crippen LogP contribution in [0.25, 0.3) is 5.69 Å². The van der Waals surface area contributed by atoms with Crippen molar-refractivity contribution in [2.75, 3.05) is 0 Å². The van der Waals surface area contributed by atoms with Gasteiger partial charge in [0, 0.05) is 24.0 Å². The number of tetrazole rings is 1. The minimum Gasteiger partial charge on any atom is -0.389 e. The number of nitrogens with two attached hydrogens (primary N) is 1. The van der Waals surface area contributed by atoms with Crippen molar-refractivity contribution in [3.63, 3.8) is 0 Å². The van der Waals surface area contributed by atoms with Gasteiger partial charge in [-0.3, -0.25) is 9.59 Å². The summed E-state index contributed by atoms with van der Waals surface area (Å²) < 4.78 is 40.0. The van der Waals surface area contributed by atoms with E-state index in [1.165, 1.54) is 10.7 Å². The van der Waals surface area contributed by atoms with Crippen LogP contribution in [-0.2, 0) is 19.1 Å². The van der Waals surface area contributed by atoms with Crippen LogP contribution in [0, 0.1) is 6.92 Å². The zero-order valence-corrected chi connectivity index (χ0v) is 22.2. The summed E-state index contributed by atoms with van der Waals surface area (Å²) in [6.45, 7) is 3.17. The van der Waals surface area contributed by atoms with Gasteiger partial charge in [0.1, 0.15) is 17.2 Å². The molecule has 0 amide bonds. The normalized spacial score (nSPS) is 11.5. The van der Waals surface area contributed by atoms with E-state index in [0.29, 0.717) is 33.0 Å². The Kier molecular flexibility index (Phi) is 7.93. The number of para-hydroxylation sites is 1. The summed E-state index contributed by atoms with van der Waals surface area (Å²) in [5.74, 6) is -1.99. The first-order chi connectivity index (χ1) is 18.4. The van der Waals surface area contributed by atoms with Crippen molar-refractivity contribution in [2.45, 2.75) is 39.4 Å². The Labute approximate surface area is 230 Å². The lowest BCUT2D eigenvalue weighted by molar-refractivity contribution is -0.145. The number of carbonyl (C=O) groups is 2. The Hall–Kier alpha value is -3.97. The van der Waals surface area contributed by atoms with E-state index in [-0.39, 0.29) is 41.5 Å². The van der Waals surface area contributed by atoms with Gasteiger partial charge in [-0.1, -0.05) is 42.9 Å². The van der Waals surface area contributed by atoms with Crippen LogP contribution in [0.1, 0.15) is 62.4 Å². The maximum atomic E-state index is 13.7. The molecule has 0 fully saturated rings. The molecule has 39 heavy (non-hydrogen) atoms. The van der Waals surface area contributed by atoms with Crippen LogP contribution in [0.4, 0.5) is 13.2 Å². The van der Waals surface area contributed by atoms with E-state index in [0.717, 1.165) is 4.80 Å². The summed E-state index contributed by atoms with van der Waals surface area (Å²) in [5.41, 5.74) is 8.45. The van der Waals surface area contributed by atoms with E-state index in [1.807, 2.05) is 0 Å². The fourth-order valence-corrected chi connectivity index (χ4v) is 4.30. The van der Waals surface area contributed by atoms with Crippen molar-refractivity contribution >= 4 is 40.4 Å². The number of benzene rings is 2. The number of halogens is 4. The molecular formula is C25H21ClF3N7O2S. The molecule has 9 nitrogen and oxygen atoms in total. The quantitative estimate of drug-likeness (QED) is 0.228. The predicted molar refractivity (Wildman–Crippen MR) is 140 cm³/mol. The second kappa shape index (κ2) is 11.0. The number of carbonyl (C=O) groups excluding carboxylic acids is 2. The Morgan fingerprint density at radius 3 is 2.44 bits per heavy atom. The molecule has 2 N–H and O–H groups in total. The summed E-state index contributed by atoms with van der Waals surface area (Å²) in [6.07, 6.45) is -4.72. The lowest BCUT2D eigenvalue weighted by Crippen LogP contribution is -2.17. The lowest BCUT2D eigenvalue weighted by Gasteiger charge is -2.14. The minimum absolute atomic E-state index is 0.0991. The highest BCUT2D eigenvalue weighted by molar-refractivity contribution is 7.80. The first-order valence-corrected chi connectivity index (χ1v) is 12.4. The van der Waals surface area contributed by atoms with Crippen LogP contribution in [-0.4, -0.2) is 46.5 Å². The molecule has 2 aromatic heterocycles. The number of rotatable bonds is 9. The van der Waals surface area contributed by atoms with Crippen molar-refractivity contribution in [1.82, 2.24) is 30.0 Å². The summed E-state index contributed by atoms with van der Waals surface area (Å²) in [5, 5.41) is 14.5. The Morgan fingerprint density at radius 2 is 1.82 bits per heavy atom. The van der Waals surface area contributed by atoms with Gasteiger partial charge in [0.15, 0.2) is 11.6 Å². The van der Waals surface area contributed by atoms with Crippen LogP contribution in [0.15, 0.2) is 42.5 Å². The fraction of sp³-hybridized carbons (Fsp3) is 0.240. The lowest BCUT2D eigenvalue weighted by atomic mass is 9.91. The van der Waals surface area contributed by atoms with Gasteiger partial charge >= 0.3 is 6.18 Å².